The molecule has 0 aliphatic heterocycles. The second-order valence-corrected chi connectivity index (χ2v) is 6.72. The van der Waals surface area contributed by atoms with Crippen LogP contribution in [-0.2, 0) is 19.7 Å². The lowest BCUT2D eigenvalue weighted by Crippen LogP contribution is -2.42. The Hall–Kier alpha value is -1.77. The van der Waals surface area contributed by atoms with Crippen molar-refractivity contribution >= 4 is 21.9 Å². The molecule has 0 unspecified atom stereocenters. The number of carbonyl (C=O) groups is 2. The van der Waals surface area contributed by atoms with Crippen LogP contribution >= 0.6 is 0 Å². The van der Waals surface area contributed by atoms with Crippen molar-refractivity contribution in [2.75, 3.05) is 0 Å². The summed E-state index contributed by atoms with van der Waals surface area (Å²) in [5, 5.41) is 0.749. The first kappa shape index (κ1) is 22.2. The number of hydrogen-bond acceptors (Lipinski definition) is 5. The Balaban J connectivity index is 0.000000446. The van der Waals surface area contributed by atoms with Crippen molar-refractivity contribution in [3.8, 4) is 0 Å². The Morgan fingerprint density at radius 3 is 1.96 bits per heavy atom. The van der Waals surface area contributed by atoms with Gasteiger partial charge in [-0.2, -0.15) is 8.42 Å². The summed E-state index contributed by atoms with van der Waals surface area (Å²) in [5.41, 5.74) is 0.956. The molecule has 0 saturated heterocycles. The van der Waals surface area contributed by atoms with Gasteiger partial charge in [-0.1, -0.05) is 38.0 Å². The number of rotatable bonds is 6. The number of nitrogens with zero attached hydrogens (tertiary/aromatic N) is 1. The molecule has 0 heterocycles. The third-order valence-electron chi connectivity index (χ3n) is 3.06. The summed E-state index contributed by atoms with van der Waals surface area (Å²) >= 11 is 0. The third-order valence-corrected chi connectivity index (χ3v) is 3.93. The van der Waals surface area contributed by atoms with E-state index in [4.69, 9.17) is 10.4 Å². The maximum Gasteiger partial charge on any atom is 0.294 e. The first-order valence-electron chi connectivity index (χ1n) is 7.78. The maximum atomic E-state index is 11.2. The summed E-state index contributed by atoms with van der Waals surface area (Å²) in [6.07, 6.45) is 3.14. The smallest absolute Gasteiger partial charge is 0.282 e. The quantitative estimate of drug-likeness (QED) is 0.349. The Morgan fingerprint density at radius 1 is 1.04 bits per heavy atom. The van der Waals surface area contributed by atoms with E-state index in [0.29, 0.717) is 19.3 Å². The molecule has 0 bridgehead atoms. The molecule has 1 aromatic rings. The summed E-state index contributed by atoms with van der Waals surface area (Å²) < 4.78 is 29.6. The molecule has 1 aromatic carbocycles. The van der Waals surface area contributed by atoms with Crippen LogP contribution in [0.15, 0.2) is 29.2 Å². The lowest BCUT2D eigenvalue weighted by atomic mass is 10.2. The molecule has 1 rings (SSSR count). The molecular weight excluding hydrogens is 332 g/mol. The molecule has 3 N–H and O–H groups in total. The Morgan fingerprint density at radius 2 is 1.54 bits per heavy atom. The Bertz CT molecular complexity index is 626. The van der Waals surface area contributed by atoms with Gasteiger partial charge in [0.25, 0.3) is 10.1 Å². The van der Waals surface area contributed by atoms with Gasteiger partial charge in [0.15, 0.2) is 0 Å². The Labute approximate surface area is 143 Å². The predicted molar refractivity (Wildman–Crippen MR) is 91.5 cm³/mol. The van der Waals surface area contributed by atoms with Crippen molar-refractivity contribution in [1.29, 1.82) is 0 Å². The number of imide groups is 1. The second-order valence-electron chi connectivity index (χ2n) is 5.30. The summed E-state index contributed by atoms with van der Waals surface area (Å²) in [5.74, 6) is 4.76. The van der Waals surface area contributed by atoms with Crippen LogP contribution in [0.1, 0.15) is 51.5 Å². The molecule has 2 amide bonds. The topological polar surface area (TPSA) is 118 Å². The minimum absolute atomic E-state index is 0.0666. The zero-order chi connectivity index (χ0) is 18.8. The van der Waals surface area contributed by atoms with Gasteiger partial charge in [0.05, 0.1) is 4.90 Å². The normalized spacial score (nSPS) is 10.5. The molecule has 0 spiro atoms. The zero-order valence-electron chi connectivity index (χ0n) is 14.4. The van der Waals surface area contributed by atoms with Gasteiger partial charge in [-0.3, -0.25) is 14.1 Å². The van der Waals surface area contributed by atoms with Gasteiger partial charge in [0, 0.05) is 12.8 Å². The summed E-state index contributed by atoms with van der Waals surface area (Å²) in [6, 6.07) is 5.99. The first-order valence-corrected chi connectivity index (χ1v) is 9.22. The molecule has 8 heteroatoms. The van der Waals surface area contributed by atoms with Crippen LogP contribution in [-0.4, -0.2) is 29.8 Å². The lowest BCUT2D eigenvalue weighted by Gasteiger charge is -2.13. The van der Waals surface area contributed by atoms with Crippen LogP contribution in [0.4, 0.5) is 0 Å². The maximum absolute atomic E-state index is 11.2. The van der Waals surface area contributed by atoms with E-state index in [1.165, 1.54) is 12.1 Å². The number of amides is 2. The number of hydrogen-bond donors (Lipinski definition) is 2. The molecular formula is C16H26N2O5S. The molecule has 0 aromatic heterocycles. The number of carbonyl (C=O) groups excluding carboxylic acids is 2. The molecule has 0 aliphatic rings. The van der Waals surface area contributed by atoms with E-state index in [0.717, 1.165) is 23.4 Å². The fraction of sp³-hybridized carbons (Fsp3) is 0.500. The van der Waals surface area contributed by atoms with E-state index in [-0.39, 0.29) is 16.7 Å². The van der Waals surface area contributed by atoms with E-state index < -0.39 is 10.1 Å². The van der Waals surface area contributed by atoms with E-state index >= 15 is 0 Å². The lowest BCUT2D eigenvalue weighted by molar-refractivity contribution is -0.145. The van der Waals surface area contributed by atoms with Crippen LogP contribution in [0.3, 0.4) is 0 Å². The minimum atomic E-state index is -4.02. The summed E-state index contributed by atoms with van der Waals surface area (Å²) in [7, 11) is -4.02. The minimum Gasteiger partial charge on any atom is -0.282 e. The SMILES string of the molecule is CCCCC(=O)N(N)C(=O)CCC.Cc1ccc(S(=O)(=O)O)cc1. The highest BCUT2D eigenvalue weighted by molar-refractivity contribution is 7.85. The molecule has 0 fully saturated rings. The van der Waals surface area contributed by atoms with Crippen LogP contribution in [0.5, 0.6) is 0 Å². The van der Waals surface area contributed by atoms with Gasteiger partial charge in [-0.05, 0) is 31.9 Å². The predicted octanol–water partition coefficient (Wildman–Crippen LogP) is 2.45. The average Bonchev–Trinajstić information content (AvgIpc) is 2.52. The summed E-state index contributed by atoms with van der Waals surface area (Å²) in [6.45, 7) is 5.71. The van der Waals surface area contributed by atoms with E-state index in [1.807, 2.05) is 20.8 Å². The molecule has 0 aliphatic carbocycles. The largest absolute Gasteiger partial charge is 0.294 e. The standard InChI is InChI=1S/C9H18N2O2.C7H8O3S/c1-3-5-7-9(13)11(10)8(12)6-4-2;1-6-2-4-7(5-3-6)11(8,9)10/h3-7,10H2,1-2H3;2-5H,1H3,(H,8,9,10). The van der Waals surface area contributed by atoms with Crippen LogP contribution in [0.2, 0.25) is 0 Å². The van der Waals surface area contributed by atoms with Gasteiger partial charge >= 0.3 is 0 Å². The van der Waals surface area contributed by atoms with E-state index in [9.17, 15) is 18.0 Å². The van der Waals surface area contributed by atoms with Crippen molar-refractivity contribution in [2.24, 2.45) is 5.84 Å². The van der Waals surface area contributed by atoms with Gasteiger partial charge in [-0.15, -0.1) is 0 Å². The van der Waals surface area contributed by atoms with Crippen LogP contribution in [0.25, 0.3) is 0 Å². The number of unbranched alkanes of at least 4 members (excludes halogenated alkanes) is 1. The zero-order valence-corrected chi connectivity index (χ0v) is 15.2. The highest BCUT2D eigenvalue weighted by Crippen LogP contribution is 2.08. The van der Waals surface area contributed by atoms with E-state index in [2.05, 4.69) is 0 Å². The second kappa shape index (κ2) is 10.9. The fourth-order valence-corrected chi connectivity index (χ4v) is 2.11. The molecule has 0 atom stereocenters. The van der Waals surface area contributed by atoms with Gasteiger partial charge < -0.3 is 0 Å². The van der Waals surface area contributed by atoms with Gasteiger partial charge in [-0.25, -0.2) is 10.9 Å². The molecule has 7 nitrogen and oxygen atoms in total. The van der Waals surface area contributed by atoms with Crippen molar-refractivity contribution < 1.29 is 22.6 Å². The van der Waals surface area contributed by atoms with Crippen molar-refractivity contribution in [3.05, 3.63) is 29.8 Å². The Kier molecular flexibility index (Phi) is 10.1. The number of hydrazine groups is 1. The number of nitrogens with two attached hydrogens (primary N) is 1. The molecule has 24 heavy (non-hydrogen) atoms. The highest BCUT2D eigenvalue weighted by Gasteiger charge is 2.15. The third kappa shape index (κ3) is 8.76. The monoisotopic (exact) mass is 358 g/mol. The molecule has 0 radical (unpaired) electrons. The molecule has 136 valence electrons. The number of aryl methyl sites for hydroxylation is 1. The van der Waals surface area contributed by atoms with Crippen molar-refractivity contribution in [3.63, 3.8) is 0 Å². The fourth-order valence-electron chi connectivity index (χ4n) is 1.63. The highest BCUT2D eigenvalue weighted by atomic mass is 32.2. The number of benzene rings is 1. The van der Waals surface area contributed by atoms with Crippen LogP contribution < -0.4 is 5.84 Å². The average molecular weight is 358 g/mol. The van der Waals surface area contributed by atoms with Gasteiger partial charge in [0.1, 0.15) is 0 Å². The van der Waals surface area contributed by atoms with Crippen molar-refractivity contribution in [2.45, 2.75) is 57.8 Å². The van der Waals surface area contributed by atoms with Gasteiger partial charge in [0.2, 0.25) is 11.8 Å². The first-order chi connectivity index (χ1) is 11.1. The summed E-state index contributed by atoms with van der Waals surface area (Å²) in [4.78, 5) is 22.3. The molecule has 0 saturated carbocycles. The van der Waals surface area contributed by atoms with Crippen molar-refractivity contribution in [1.82, 2.24) is 5.01 Å². The van der Waals surface area contributed by atoms with Crippen LogP contribution in [0, 0.1) is 6.92 Å². The van der Waals surface area contributed by atoms with E-state index in [1.54, 1.807) is 12.1 Å².